The standard InChI is InChI=1S/C18H16F3N7/c1-11-12(2)16-24-25-17(18(19,20)21)28(16)26-15(11)23-14-5-3-13(4-6-14)9-27-8-7-22-10-27/h3-8,10H,9H2,1-2H3,(H,23,26). The normalized spacial score (nSPS) is 11.9. The number of halogens is 3. The van der Waals surface area contributed by atoms with Gasteiger partial charge in [-0.15, -0.1) is 15.3 Å². The van der Waals surface area contributed by atoms with Crippen LogP contribution in [0.5, 0.6) is 0 Å². The summed E-state index contributed by atoms with van der Waals surface area (Å²) in [5, 5.41) is 14.1. The summed E-state index contributed by atoms with van der Waals surface area (Å²) >= 11 is 0. The van der Waals surface area contributed by atoms with Crippen molar-refractivity contribution in [1.29, 1.82) is 0 Å². The minimum atomic E-state index is -4.64. The number of aryl methyl sites for hydroxylation is 1. The van der Waals surface area contributed by atoms with Crippen LogP contribution in [0.25, 0.3) is 5.65 Å². The second kappa shape index (κ2) is 6.63. The lowest BCUT2D eigenvalue weighted by Gasteiger charge is -2.13. The Morgan fingerprint density at radius 3 is 2.43 bits per heavy atom. The van der Waals surface area contributed by atoms with Crippen molar-refractivity contribution in [1.82, 2.24) is 29.4 Å². The summed E-state index contributed by atoms with van der Waals surface area (Å²) in [6, 6.07) is 7.57. The van der Waals surface area contributed by atoms with Gasteiger partial charge in [-0.1, -0.05) is 12.1 Å². The van der Waals surface area contributed by atoms with E-state index in [-0.39, 0.29) is 5.65 Å². The van der Waals surface area contributed by atoms with Crippen molar-refractivity contribution in [3.8, 4) is 0 Å². The molecular formula is C18H16F3N7. The lowest BCUT2D eigenvalue weighted by molar-refractivity contribution is -0.146. The van der Waals surface area contributed by atoms with Gasteiger partial charge in [0.2, 0.25) is 0 Å². The highest BCUT2D eigenvalue weighted by atomic mass is 19.4. The van der Waals surface area contributed by atoms with Gasteiger partial charge in [0.05, 0.1) is 6.33 Å². The molecule has 1 N–H and O–H groups in total. The number of imidazole rings is 1. The maximum absolute atomic E-state index is 13.2. The maximum Gasteiger partial charge on any atom is 0.453 e. The van der Waals surface area contributed by atoms with Gasteiger partial charge in [0.15, 0.2) is 11.5 Å². The fourth-order valence-electron chi connectivity index (χ4n) is 2.85. The Morgan fingerprint density at radius 2 is 1.79 bits per heavy atom. The number of fused-ring (bicyclic) bond motifs is 1. The van der Waals surface area contributed by atoms with Crippen LogP contribution in [0.4, 0.5) is 24.7 Å². The highest BCUT2D eigenvalue weighted by Crippen LogP contribution is 2.30. The first-order valence-electron chi connectivity index (χ1n) is 8.44. The molecule has 0 amide bonds. The Balaban J connectivity index is 1.64. The molecule has 0 aliphatic rings. The van der Waals surface area contributed by atoms with E-state index in [9.17, 15) is 13.2 Å². The van der Waals surface area contributed by atoms with Crippen molar-refractivity contribution < 1.29 is 13.2 Å². The second-order valence-corrected chi connectivity index (χ2v) is 6.41. The molecule has 0 fully saturated rings. The highest BCUT2D eigenvalue weighted by molar-refractivity contribution is 5.64. The first kappa shape index (κ1) is 18.0. The van der Waals surface area contributed by atoms with E-state index in [1.807, 2.05) is 35.0 Å². The summed E-state index contributed by atoms with van der Waals surface area (Å²) in [5.74, 6) is -0.831. The van der Waals surface area contributed by atoms with E-state index in [0.717, 1.165) is 10.1 Å². The quantitative estimate of drug-likeness (QED) is 0.577. The molecule has 0 aliphatic heterocycles. The fourth-order valence-corrected chi connectivity index (χ4v) is 2.85. The number of rotatable bonds is 4. The van der Waals surface area contributed by atoms with Crippen LogP contribution in [0.1, 0.15) is 22.5 Å². The number of anilines is 2. The SMILES string of the molecule is Cc1c(Nc2ccc(Cn3ccnc3)cc2)nn2c(C(F)(F)F)nnc2c1C. The number of alkyl halides is 3. The number of hydrogen-bond donors (Lipinski definition) is 1. The van der Waals surface area contributed by atoms with Gasteiger partial charge < -0.3 is 9.88 Å². The first-order valence-corrected chi connectivity index (χ1v) is 8.44. The van der Waals surface area contributed by atoms with Gasteiger partial charge in [0.25, 0.3) is 5.82 Å². The zero-order valence-corrected chi connectivity index (χ0v) is 15.1. The summed E-state index contributed by atoms with van der Waals surface area (Å²) < 4.78 is 42.1. The smallest absolute Gasteiger partial charge is 0.339 e. The Labute approximate surface area is 157 Å². The summed E-state index contributed by atoms with van der Waals surface area (Å²) in [6.45, 7) is 4.15. The third-order valence-corrected chi connectivity index (χ3v) is 4.49. The summed E-state index contributed by atoms with van der Waals surface area (Å²) in [4.78, 5) is 4.00. The van der Waals surface area contributed by atoms with Crippen molar-refractivity contribution in [2.45, 2.75) is 26.6 Å². The summed E-state index contributed by atoms with van der Waals surface area (Å²) in [7, 11) is 0. The minimum absolute atomic E-state index is 0.0889. The van der Waals surface area contributed by atoms with Crippen LogP contribution in [0, 0.1) is 13.8 Å². The molecule has 0 spiro atoms. The monoisotopic (exact) mass is 387 g/mol. The predicted octanol–water partition coefficient (Wildman–Crippen LogP) is 3.75. The fraction of sp³-hybridized carbons (Fsp3) is 0.222. The highest BCUT2D eigenvalue weighted by Gasteiger charge is 2.38. The van der Waals surface area contributed by atoms with Crippen molar-refractivity contribution in [3.05, 3.63) is 65.5 Å². The van der Waals surface area contributed by atoms with E-state index in [1.165, 1.54) is 0 Å². The average Bonchev–Trinajstić information content (AvgIpc) is 3.30. The van der Waals surface area contributed by atoms with Gasteiger partial charge >= 0.3 is 6.18 Å². The van der Waals surface area contributed by atoms with E-state index in [2.05, 4.69) is 25.6 Å². The molecule has 3 heterocycles. The van der Waals surface area contributed by atoms with Crippen LogP contribution >= 0.6 is 0 Å². The zero-order valence-electron chi connectivity index (χ0n) is 15.1. The number of nitrogens with zero attached hydrogens (tertiary/aromatic N) is 6. The van der Waals surface area contributed by atoms with Gasteiger partial charge in [-0.05, 0) is 31.5 Å². The third-order valence-electron chi connectivity index (χ3n) is 4.49. The molecule has 0 aliphatic carbocycles. The molecule has 0 atom stereocenters. The lowest BCUT2D eigenvalue weighted by Crippen LogP contribution is -2.14. The van der Waals surface area contributed by atoms with Gasteiger partial charge in [0, 0.05) is 35.8 Å². The molecule has 28 heavy (non-hydrogen) atoms. The van der Waals surface area contributed by atoms with Crippen molar-refractivity contribution in [3.63, 3.8) is 0 Å². The van der Waals surface area contributed by atoms with E-state index >= 15 is 0 Å². The molecule has 0 unspecified atom stereocenters. The number of benzene rings is 1. The Morgan fingerprint density at radius 1 is 1.04 bits per heavy atom. The molecule has 0 saturated heterocycles. The van der Waals surface area contributed by atoms with Crippen LogP contribution in [0.2, 0.25) is 0 Å². The Bertz CT molecular complexity index is 1110. The number of nitrogens with one attached hydrogen (secondary N) is 1. The van der Waals surface area contributed by atoms with Crippen molar-refractivity contribution >= 4 is 17.2 Å². The largest absolute Gasteiger partial charge is 0.453 e. The molecule has 0 radical (unpaired) electrons. The molecule has 4 aromatic rings. The number of hydrogen-bond acceptors (Lipinski definition) is 5. The van der Waals surface area contributed by atoms with Gasteiger partial charge in [-0.2, -0.15) is 17.7 Å². The molecule has 1 aromatic carbocycles. The Kier molecular flexibility index (Phi) is 4.25. The lowest BCUT2D eigenvalue weighted by atomic mass is 10.1. The summed E-state index contributed by atoms with van der Waals surface area (Å²) in [6.07, 6.45) is 0.674. The maximum atomic E-state index is 13.2. The van der Waals surface area contributed by atoms with E-state index in [0.29, 0.717) is 29.2 Å². The predicted molar refractivity (Wildman–Crippen MR) is 96.3 cm³/mol. The second-order valence-electron chi connectivity index (χ2n) is 6.41. The van der Waals surface area contributed by atoms with E-state index in [1.54, 1.807) is 26.4 Å². The van der Waals surface area contributed by atoms with Crippen molar-refractivity contribution in [2.24, 2.45) is 0 Å². The van der Waals surface area contributed by atoms with E-state index in [4.69, 9.17) is 0 Å². The van der Waals surface area contributed by atoms with Crippen molar-refractivity contribution in [2.75, 3.05) is 5.32 Å². The van der Waals surface area contributed by atoms with Crippen LogP contribution in [-0.2, 0) is 12.7 Å². The molecule has 3 aromatic heterocycles. The van der Waals surface area contributed by atoms with E-state index < -0.39 is 12.0 Å². The zero-order chi connectivity index (χ0) is 19.9. The molecule has 144 valence electrons. The molecular weight excluding hydrogens is 371 g/mol. The Hall–Kier alpha value is -3.43. The molecule has 0 saturated carbocycles. The summed E-state index contributed by atoms with van der Waals surface area (Å²) in [5.41, 5.74) is 3.16. The molecule has 10 heteroatoms. The van der Waals surface area contributed by atoms with Gasteiger partial charge in [0.1, 0.15) is 0 Å². The van der Waals surface area contributed by atoms with Crippen LogP contribution in [0.3, 0.4) is 0 Å². The minimum Gasteiger partial charge on any atom is -0.339 e. The van der Waals surface area contributed by atoms with Gasteiger partial charge in [-0.3, -0.25) is 0 Å². The topological polar surface area (TPSA) is 72.9 Å². The molecule has 4 rings (SSSR count). The average molecular weight is 387 g/mol. The van der Waals surface area contributed by atoms with Gasteiger partial charge in [-0.25, -0.2) is 4.98 Å². The molecule has 7 nitrogen and oxygen atoms in total. The van der Waals surface area contributed by atoms with Crippen LogP contribution in [0.15, 0.2) is 43.0 Å². The van der Waals surface area contributed by atoms with Crippen LogP contribution in [-0.4, -0.2) is 29.4 Å². The molecule has 0 bridgehead atoms. The first-order chi connectivity index (χ1) is 13.3. The number of aromatic nitrogens is 6. The third kappa shape index (κ3) is 3.28. The van der Waals surface area contributed by atoms with Crippen LogP contribution < -0.4 is 5.32 Å².